The molecule has 56 valence electrons. The van der Waals surface area contributed by atoms with Gasteiger partial charge < -0.3 is 59.1 Å². The van der Waals surface area contributed by atoms with E-state index in [4.69, 9.17) is 0 Å². The SMILES string of the molecule is O.O.O.O.[Cl-].[Cl-].[Cl-]. The quantitative estimate of drug-likeness (QED) is 0.349. The van der Waals surface area contributed by atoms with Crippen LogP contribution in [0.2, 0.25) is 0 Å². The maximum Gasteiger partial charge on any atom is -0.412 e. The summed E-state index contributed by atoms with van der Waals surface area (Å²) in [7, 11) is 0. The van der Waals surface area contributed by atoms with Crippen molar-refractivity contribution >= 4 is 0 Å². The molecule has 7 heteroatoms. The van der Waals surface area contributed by atoms with Crippen LogP contribution in [-0.4, -0.2) is 21.9 Å². The van der Waals surface area contributed by atoms with Crippen molar-refractivity contribution < 1.29 is 59.1 Å². The second-order valence-corrected chi connectivity index (χ2v) is 0. The van der Waals surface area contributed by atoms with Gasteiger partial charge in [0.2, 0.25) is 0 Å². The van der Waals surface area contributed by atoms with Crippen LogP contribution >= 0.6 is 0 Å². The van der Waals surface area contributed by atoms with Crippen LogP contribution in [0.25, 0.3) is 0 Å². The third-order valence-corrected chi connectivity index (χ3v) is 0. The van der Waals surface area contributed by atoms with Gasteiger partial charge in [-0.25, -0.2) is 0 Å². The monoisotopic (exact) mass is 177 g/mol. The van der Waals surface area contributed by atoms with Gasteiger partial charge in [0.25, 0.3) is 0 Å². The molecule has 0 heterocycles. The largest absolute Gasteiger partial charge is 1.00 e. The molecule has 0 aromatic carbocycles. The van der Waals surface area contributed by atoms with Crippen LogP contribution < -0.4 is 37.2 Å². The van der Waals surface area contributed by atoms with Gasteiger partial charge in [-0.15, -0.1) is 0 Å². The molecule has 0 radical (unpaired) electrons. The van der Waals surface area contributed by atoms with Crippen molar-refractivity contribution in [2.75, 3.05) is 0 Å². The van der Waals surface area contributed by atoms with Crippen molar-refractivity contribution in [1.29, 1.82) is 0 Å². The molecule has 0 aliphatic rings. The van der Waals surface area contributed by atoms with E-state index in [9.17, 15) is 0 Å². The summed E-state index contributed by atoms with van der Waals surface area (Å²) in [6.07, 6.45) is 0. The first-order valence-corrected chi connectivity index (χ1v) is 0. The molecule has 0 aromatic heterocycles. The molecule has 0 aliphatic carbocycles. The fourth-order valence-electron chi connectivity index (χ4n) is 0. The van der Waals surface area contributed by atoms with Crippen LogP contribution in [0, 0.1) is 0 Å². The maximum absolute atomic E-state index is 0. The zero-order valence-corrected chi connectivity index (χ0v) is 5.40. The Labute approximate surface area is 59.8 Å². The molecule has 4 nitrogen and oxygen atoms in total. The van der Waals surface area contributed by atoms with Gasteiger partial charge in [0.1, 0.15) is 0 Å². The Morgan fingerprint density at radius 1 is 0.286 bits per heavy atom. The van der Waals surface area contributed by atoms with Crippen molar-refractivity contribution in [3.05, 3.63) is 0 Å². The fourth-order valence-corrected chi connectivity index (χ4v) is 0. The van der Waals surface area contributed by atoms with E-state index in [1.54, 1.807) is 0 Å². The molecule has 0 aromatic rings. The van der Waals surface area contributed by atoms with E-state index >= 15 is 0 Å². The van der Waals surface area contributed by atoms with Crippen LogP contribution in [0.5, 0.6) is 0 Å². The highest BCUT2D eigenvalue weighted by Gasteiger charge is -0.408. The summed E-state index contributed by atoms with van der Waals surface area (Å²) in [6.45, 7) is 0. The zero-order chi connectivity index (χ0) is 0. The minimum Gasteiger partial charge on any atom is -1.00 e. The van der Waals surface area contributed by atoms with E-state index < -0.39 is 0 Å². The molecular formula is H8Cl3O4-3. The highest BCUT2D eigenvalue weighted by molar-refractivity contribution is 0.827. The Kier molecular flexibility index (Phi) is 42700. The number of halogens is 3. The Morgan fingerprint density at radius 3 is 0.286 bits per heavy atom. The van der Waals surface area contributed by atoms with E-state index in [0.29, 0.717) is 0 Å². The molecule has 0 fully saturated rings. The summed E-state index contributed by atoms with van der Waals surface area (Å²) in [6, 6.07) is 0. The van der Waals surface area contributed by atoms with Gasteiger partial charge in [0.15, 0.2) is 0 Å². The predicted molar refractivity (Wildman–Crippen MR) is 14.5 cm³/mol. The van der Waals surface area contributed by atoms with Crippen LogP contribution in [0.15, 0.2) is 0 Å². The minimum atomic E-state index is 0. The molecule has 0 atom stereocenters. The molecule has 0 unspecified atom stereocenters. The van der Waals surface area contributed by atoms with Gasteiger partial charge in [0, 0.05) is 0 Å². The first-order valence-electron chi connectivity index (χ1n) is 0. The smallest absolute Gasteiger partial charge is 0.412 e. The maximum atomic E-state index is 0. The molecule has 8 N–H and O–H groups in total. The number of hydrogen-bond donors (Lipinski definition) is 0. The molecular weight excluding hydrogens is 170 g/mol. The summed E-state index contributed by atoms with van der Waals surface area (Å²) in [5.74, 6) is 0. The highest BCUT2D eigenvalue weighted by Crippen LogP contribution is -0.286. The molecule has 0 amide bonds. The third kappa shape index (κ3) is 295. The lowest BCUT2D eigenvalue weighted by molar-refractivity contribution is -0.00100. The lowest BCUT2D eigenvalue weighted by Gasteiger charge is -1.00. The van der Waals surface area contributed by atoms with Crippen LogP contribution in [-0.2, 0) is 0 Å². The summed E-state index contributed by atoms with van der Waals surface area (Å²) in [4.78, 5) is 0. The first kappa shape index (κ1) is 689. The molecule has 0 saturated carbocycles. The van der Waals surface area contributed by atoms with Gasteiger partial charge in [-0.3, -0.25) is 0 Å². The Morgan fingerprint density at radius 2 is 0.286 bits per heavy atom. The molecule has 0 aliphatic heterocycles. The van der Waals surface area contributed by atoms with E-state index in [-0.39, 0.29) is 59.1 Å². The predicted octanol–water partition coefficient (Wildman–Crippen LogP) is -12.3. The van der Waals surface area contributed by atoms with E-state index in [1.165, 1.54) is 0 Å². The van der Waals surface area contributed by atoms with Crippen molar-refractivity contribution in [3.63, 3.8) is 0 Å². The number of hydrogen-bond acceptors (Lipinski definition) is 0. The zero-order valence-electron chi connectivity index (χ0n) is 3.13. The second-order valence-electron chi connectivity index (χ2n) is 0. The van der Waals surface area contributed by atoms with Gasteiger partial charge in [0.05, 0.1) is 0 Å². The average molecular weight is 178 g/mol. The lowest BCUT2D eigenvalue weighted by atomic mass is 16.0. The van der Waals surface area contributed by atoms with Gasteiger partial charge in [-0.05, 0) is 0 Å². The van der Waals surface area contributed by atoms with Crippen molar-refractivity contribution in [2.45, 2.75) is 0 Å². The highest BCUT2D eigenvalue weighted by atomic mass is 35.5. The molecule has 0 bridgehead atoms. The standard InChI is InChI=1S/3ClH.4H2O/h3*1H;4*1H2/p-3. The summed E-state index contributed by atoms with van der Waals surface area (Å²) < 4.78 is 0. The Bertz CT molecular complexity index is 6.90. The van der Waals surface area contributed by atoms with E-state index in [2.05, 4.69) is 0 Å². The third-order valence-electron chi connectivity index (χ3n) is 0. The van der Waals surface area contributed by atoms with Crippen molar-refractivity contribution in [3.8, 4) is 0 Å². The fraction of sp³-hybridized carbons (Fsp3) is 0. The molecule has 0 saturated heterocycles. The van der Waals surface area contributed by atoms with E-state index in [0.717, 1.165) is 0 Å². The first-order chi connectivity index (χ1) is 0. The normalized spacial score (nSPS) is 0. The molecule has 0 rings (SSSR count). The van der Waals surface area contributed by atoms with Gasteiger partial charge in [-0.1, -0.05) is 0 Å². The molecule has 7 heavy (non-hydrogen) atoms. The summed E-state index contributed by atoms with van der Waals surface area (Å²) >= 11 is 0. The summed E-state index contributed by atoms with van der Waals surface area (Å²) in [5, 5.41) is 0. The average Bonchev–Trinajstić information content (AvgIpc) is 0. The van der Waals surface area contributed by atoms with Crippen molar-refractivity contribution in [1.82, 2.24) is 0 Å². The Hall–Kier alpha value is 0.710. The Balaban J connectivity index is 0. The topological polar surface area (TPSA) is 126 Å². The second kappa shape index (κ2) is 434. The van der Waals surface area contributed by atoms with Gasteiger partial charge >= 0.3 is 0 Å². The molecule has 0 spiro atoms. The van der Waals surface area contributed by atoms with Crippen molar-refractivity contribution in [2.24, 2.45) is 0 Å². The summed E-state index contributed by atoms with van der Waals surface area (Å²) in [5.41, 5.74) is 0. The van der Waals surface area contributed by atoms with Crippen LogP contribution in [0.3, 0.4) is 0 Å². The van der Waals surface area contributed by atoms with Crippen LogP contribution in [0.1, 0.15) is 0 Å². The minimum absolute atomic E-state index is 0. The van der Waals surface area contributed by atoms with Gasteiger partial charge in [-0.2, -0.15) is 0 Å². The van der Waals surface area contributed by atoms with Crippen LogP contribution in [0.4, 0.5) is 0 Å². The number of rotatable bonds is 0. The lowest BCUT2D eigenvalue weighted by Crippen LogP contribution is -3.00. The van der Waals surface area contributed by atoms with E-state index in [1.807, 2.05) is 0 Å².